The van der Waals surface area contributed by atoms with Crippen molar-refractivity contribution in [2.75, 3.05) is 20.2 Å². The SMILES string of the molecule is COC(=O)C(CC[C@H]1c2[nH]c3ccccc3c2CCN1C/C=C/C=C/OC(=O)OC(C)(C)C)Sc1ccccc1. The van der Waals surface area contributed by atoms with Crippen LogP contribution in [0, 0.1) is 0 Å². The Morgan fingerprint density at radius 3 is 2.60 bits per heavy atom. The first-order valence-corrected chi connectivity index (χ1v) is 14.5. The summed E-state index contributed by atoms with van der Waals surface area (Å²) in [7, 11) is 1.45. The van der Waals surface area contributed by atoms with Crippen molar-refractivity contribution in [3.05, 3.63) is 90.3 Å². The van der Waals surface area contributed by atoms with Crippen LogP contribution in [0.15, 0.2) is 84.0 Å². The number of thioether (sulfide) groups is 1. The molecule has 4 rings (SSSR count). The zero-order valence-electron chi connectivity index (χ0n) is 23.6. The number of para-hydroxylation sites is 1. The monoisotopic (exact) mass is 562 g/mol. The first-order chi connectivity index (χ1) is 19.2. The van der Waals surface area contributed by atoms with Gasteiger partial charge in [-0.2, -0.15) is 0 Å². The van der Waals surface area contributed by atoms with Crippen LogP contribution in [0.25, 0.3) is 10.9 Å². The lowest BCUT2D eigenvalue weighted by Crippen LogP contribution is -2.36. The number of fused-ring (bicyclic) bond motifs is 3. The van der Waals surface area contributed by atoms with E-state index in [-0.39, 0.29) is 17.3 Å². The number of aromatic nitrogens is 1. The normalized spacial score (nSPS) is 16.8. The molecular formula is C32H38N2O5S. The molecule has 2 atom stereocenters. The summed E-state index contributed by atoms with van der Waals surface area (Å²) >= 11 is 1.55. The van der Waals surface area contributed by atoms with Gasteiger partial charge in [0.15, 0.2) is 0 Å². The molecule has 212 valence electrons. The molecule has 0 spiro atoms. The minimum atomic E-state index is -0.729. The first-order valence-electron chi connectivity index (χ1n) is 13.6. The maximum atomic E-state index is 12.7. The highest BCUT2D eigenvalue weighted by Crippen LogP contribution is 2.38. The summed E-state index contributed by atoms with van der Waals surface area (Å²) in [5.74, 6) is -0.205. The van der Waals surface area contributed by atoms with Crippen LogP contribution in [-0.4, -0.2) is 53.1 Å². The summed E-state index contributed by atoms with van der Waals surface area (Å²) in [6, 6.07) is 18.5. The van der Waals surface area contributed by atoms with Gasteiger partial charge in [0.05, 0.1) is 19.4 Å². The molecule has 1 unspecified atom stereocenters. The molecule has 40 heavy (non-hydrogen) atoms. The second kappa shape index (κ2) is 13.7. The first kappa shape index (κ1) is 29.5. The van der Waals surface area contributed by atoms with E-state index in [1.807, 2.05) is 42.5 Å². The minimum Gasteiger partial charge on any atom is -0.468 e. The van der Waals surface area contributed by atoms with Gasteiger partial charge in [-0.25, -0.2) is 4.79 Å². The Morgan fingerprint density at radius 2 is 1.85 bits per heavy atom. The van der Waals surface area contributed by atoms with Crippen molar-refractivity contribution in [3.8, 4) is 0 Å². The average molecular weight is 563 g/mol. The number of H-pyrrole nitrogens is 1. The molecule has 0 amide bonds. The van der Waals surface area contributed by atoms with Crippen molar-refractivity contribution in [1.82, 2.24) is 9.88 Å². The quantitative estimate of drug-likeness (QED) is 0.121. The van der Waals surface area contributed by atoms with Crippen LogP contribution < -0.4 is 0 Å². The number of methoxy groups -OCH3 is 1. The van der Waals surface area contributed by atoms with Gasteiger partial charge in [0, 0.05) is 34.6 Å². The van der Waals surface area contributed by atoms with Gasteiger partial charge in [0.25, 0.3) is 0 Å². The number of allylic oxidation sites excluding steroid dienone is 2. The zero-order valence-corrected chi connectivity index (χ0v) is 24.4. The Labute approximate surface area is 240 Å². The van der Waals surface area contributed by atoms with Crippen LogP contribution in [0.4, 0.5) is 4.79 Å². The molecule has 1 aliphatic heterocycles. The van der Waals surface area contributed by atoms with Crippen LogP contribution in [0.2, 0.25) is 0 Å². The van der Waals surface area contributed by atoms with Gasteiger partial charge >= 0.3 is 12.1 Å². The van der Waals surface area contributed by atoms with E-state index in [1.165, 1.54) is 30.0 Å². The predicted molar refractivity (Wildman–Crippen MR) is 159 cm³/mol. The van der Waals surface area contributed by atoms with Crippen LogP contribution >= 0.6 is 11.8 Å². The molecule has 3 aromatic rings. The average Bonchev–Trinajstić information content (AvgIpc) is 3.31. The lowest BCUT2D eigenvalue weighted by atomic mass is 9.93. The second-order valence-corrected chi connectivity index (χ2v) is 12.0. The summed E-state index contributed by atoms with van der Waals surface area (Å²) in [6.45, 7) is 6.99. The fourth-order valence-electron chi connectivity index (χ4n) is 4.93. The van der Waals surface area contributed by atoms with E-state index < -0.39 is 11.8 Å². The maximum absolute atomic E-state index is 12.7. The van der Waals surface area contributed by atoms with Crippen LogP contribution in [0.3, 0.4) is 0 Å². The van der Waals surface area contributed by atoms with Crippen molar-refractivity contribution in [2.45, 2.75) is 61.8 Å². The molecule has 2 aromatic carbocycles. The summed E-state index contributed by atoms with van der Waals surface area (Å²) in [5, 5.41) is 0.968. The number of nitrogens with one attached hydrogen (secondary N) is 1. The third-order valence-electron chi connectivity index (χ3n) is 6.68. The van der Waals surface area contributed by atoms with Gasteiger partial charge < -0.3 is 19.2 Å². The minimum absolute atomic E-state index is 0.117. The van der Waals surface area contributed by atoms with Gasteiger partial charge in [0.2, 0.25) is 0 Å². The molecule has 0 bridgehead atoms. The van der Waals surface area contributed by atoms with Crippen molar-refractivity contribution in [2.24, 2.45) is 0 Å². The van der Waals surface area contributed by atoms with Gasteiger partial charge in [-0.1, -0.05) is 48.6 Å². The molecule has 0 saturated heterocycles. The predicted octanol–water partition coefficient (Wildman–Crippen LogP) is 7.20. The molecule has 7 nitrogen and oxygen atoms in total. The summed E-state index contributed by atoms with van der Waals surface area (Å²) < 4.78 is 15.3. The van der Waals surface area contributed by atoms with Crippen LogP contribution in [0.5, 0.6) is 0 Å². The standard InChI is InChI=1S/C32H38N2O5S/c1-32(2,3)39-31(36)38-22-12-6-11-20-34-21-19-25-24-15-9-10-16-26(24)33-29(25)27(34)17-18-28(30(35)37-4)40-23-13-7-5-8-14-23/h5-16,22,27-28,33H,17-21H2,1-4H3/b11-6+,22-12+/t27-,28?/m0/s1. The lowest BCUT2D eigenvalue weighted by Gasteiger charge is -2.35. The second-order valence-electron chi connectivity index (χ2n) is 10.7. The number of hydrogen-bond donors (Lipinski definition) is 1. The molecule has 1 aromatic heterocycles. The molecule has 0 fully saturated rings. The molecule has 1 aliphatic rings. The number of hydrogen-bond acceptors (Lipinski definition) is 7. The van der Waals surface area contributed by atoms with Gasteiger partial charge in [-0.15, -0.1) is 11.8 Å². The van der Waals surface area contributed by atoms with E-state index in [0.29, 0.717) is 13.0 Å². The number of rotatable bonds is 10. The maximum Gasteiger partial charge on any atom is 0.513 e. The number of aromatic amines is 1. The Morgan fingerprint density at radius 1 is 1.10 bits per heavy atom. The molecule has 0 aliphatic carbocycles. The number of ether oxygens (including phenoxy) is 3. The molecular weight excluding hydrogens is 524 g/mol. The third-order valence-corrected chi connectivity index (χ3v) is 7.93. The molecule has 0 saturated carbocycles. The van der Waals surface area contributed by atoms with E-state index in [2.05, 4.69) is 34.1 Å². The molecule has 8 heteroatoms. The van der Waals surface area contributed by atoms with Crippen molar-refractivity contribution >= 4 is 34.8 Å². The zero-order chi connectivity index (χ0) is 28.5. The molecule has 0 radical (unpaired) electrons. The number of benzene rings is 2. The number of carbonyl (C=O) groups excluding carboxylic acids is 2. The molecule has 2 heterocycles. The third kappa shape index (κ3) is 8.02. The highest BCUT2D eigenvalue weighted by Gasteiger charge is 2.31. The summed E-state index contributed by atoms with van der Waals surface area (Å²) in [6.07, 6.45) is 8.61. The van der Waals surface area contributed by atoms with Crippen LogP contribution in [-0.2, 0) is 25.4 Å². The lowest BCUT2D eigenvalue weighted by molar-refractivity contribution is -0.140. The van der Waals surface area contributed by atoms with E-state index in [9.17, 15) is 9.59 Å². The summed E-state index contributed by atoms with van der Waals surface area (Å²) in [4.78, 5) is 31.6. The van der Waals surface area contributed by atoms with E-state index in [0.717, 1.165) is 29.8 Å². The van der Waals surface area contributed by atoms with Crippen molar-refractivity contribution in [1.29, 1.82) is 0 Å². The van der Waals surface area contributed by atoms with E-state index >= 15 is 0 Å². The largest absolute Gasteiger partial charge is 0.513 e. The topological polar surface area (TPSA) is 80.9 Å². The molecule has 1 N–H and O–H groups in total. The Bertz CT molecular complexity index is 1340. The van der Waals surface area contributed by atoms with Crippen LogP contribution in [0.1, 0.15) is 50.9 Å². The highest BCUT2D eigenvalue weighted by molar-refractivity contribution is 8.00. The Kier molecular flexibility index (Phi) is 10.1. The number of esters is 1. The van der Waals surface area contributed by atoms with Crippen molar-refractivity contribution in [3.63, 3.8) is 0 Å². The smallest absolute Gasteiger partial charge is 0.468 e. The number of carbonyl (C=O) groups is 2. The van der Waals surface area contributed by atoms with Crippen molar-refractivity contribution < 1.29 is 23.8 Å². The van der Waals surface area contributed by atoms with Gasteiger partial charge in [-0.3, -0.25) is 9.69 Å². The van der Waals surface area contributed by atoms with E-state index in [4.69, 9.17) is 14.2 Å². The number of nitrogens with zero attached hydrogens (tertiary/aromatic N) is 1. The summed E-state index contributed by atoms with van der Waals surface area (Å²) in [5.41, 5.74) is 3.12. The van der Waals surface area contributed by atoms with Gasteiger partial charge in [-0.05, 0) is 69.9 Å². The Hall–Kier alpha value is -3.49. The van der Waals surface area contributed by atoms with Gasteiger partial charge in [0.1, 0.15) is 10.9 Å². The Balaban J connectivity index is 1.47. The fourth-order valence-corrected chi connectivity index (χ4v) is 6.02. The van der Waals surface area contributed by atoms with E-state index in [1.54, 1.807) is 38.6 Å². The fraction of sp³-hybridized carbons (Fsp3) is 0.375. The highest BCUT2D eigenvalue weighted by atomic mass is 32.2.